The normalized spacial score (nSPS) is 14.5. The summed E-state index contributed by atoms with van der Waals surface area (Å²) in [7, 11) is 0. The molecule has 0 spiro atoms. The summed E-state index contributed by atoms with van der Waals surface area (Å²) in [6, 6.07) is 0. The van der Waals surface area contributed by atoms with E-state index in [1.165, 1.54) is 5.57 Å². The standard InChI is InChI=1S/C10H18O/c1-8(2)6-5-7-9(3)10(4)11/h6-7,10-11H,5H2,1-4H3/b9-7+. The smallest absolute Gasteiger partial charge is 0.0719 e. The molecular formula is C10H18O. The van der Waals surface area contributed by atoms with E-state index in [0.29, 0.717) is 0 Å². The van der Waals surface area contributed by atoms with E-state index < -0.39 is 0 Å². The van der Waals surface area contributed by atoms with Gasteiger partial charge in [-0.25, -0.2) is 0 Å². The van der Waals surface area contributed by atoms with E-state index in [2.05, 4.69) is 26.0 Å². The van der Waals surface area contributed by atoms with Crippen LogP contribution in [0, 0.1) is 0 Å². The Labute approximate surface area is 69.4 Å². The van der Waals surface area contributed by atoms with Gasteiger partial charge in [-0.15, -0.1) is 0 Å². The lowest BCUT2D eigenvalue weighted by Crippen LogP contribution is -2.00. The van der Waals surface area contributed by atoms with Crippen molar-refractivity contribution < 1.29 is 5.11 Å². The van der Waals surface area contributed by atoms with Crippen molar-refractivity contribution in [2.75, 3.05) is 0 Å². The van der Waals surface area contributed by atoms with Crippen molar-refractivity contribution in [3.63, 3.8) is 0 Å². The zero-order chi connectivity index (χ0) is 8.85. The van der Waals surface area contributed by atoms with Crippen LogP contribution in [-0.2, 0) is 0 Å². The molecule has 0 fully saturated rings. The average Bonchev–Trinajstić information content (AvgIpc) is 1.86. The molecule has 1 nitrogen and oxygen atoms in total. The lowest BCUT2D eigenvalue weighted by atomic mass is 10.1. The van der Waals surface area contributed by atoms with E-state index in [0.717, 1.165) is 12.0 Å². The number of allylic oxidation sites excluding steroid dienone is 3. The van der Waals surface area contributed by atoms with Crippen molar-refractivity contribution in [1.82, 2.24) is 0 Å². The second-order valence-corrected chi connectivity index (χ2v) is 3.14. The molecular weight excluding hydrogens is 136 g/mol. The van der Waals surface area contributed by atoms with Crippen molar-refractivity contribution in [3.8, 4) is 0 Å². The van der Waals surface area contributed by atoms with Gasteiger partial charge >= 0.3 is 0 Å². The van der Waals surface area contributed by atoms with Gasteiger partial charge in [-0.2, -0.15) is 0 Å². The zero-order valence-electron chi connectivity index (χ0n) is 7.89. The topological polar surface area (TPSA) is 20.2 Å². The zero-order valence-corrected chi connectivity index (χ0v) is 7.89. The summed E-state index contributed by atoms with van der Waals surface area (Å²) >= 11 is 0. The first-order valence-corrected chi connectivity index (χ1v) is 4.02. The molecule has 0 aromatic carbocycles. The van der Waals surface area contributed by atoms with Gasteiger partial charge in [-0.1, -0.05) is 17.7 Å². The van der Waals surface area contributed by atoms with Crippen LogP contribution >= 0.6 is 0 Å². The average molecular weight is 154 g/mol. The summed E-state index contributed by atoms with van der Waals surface area (Å²) in [5.74, 6) is 0. The molecule has 11 heavy (non-hydrogen) atoms. The van der Waals surface area contributed by atoms with Gasteiger partial charge in [0.05, 0.1) is 6.10 Å². The Balaban J connectivity index is 3.84. The summed E-state index contributed by atoms with van der Waals surface area (Å²) in [6.45, 7) is 7.88. The predicted octanol–water partition coefficient (Wildman–Crippen LogP) is 2.67. The molecule has 0 radical (unpaired) electrons. The highest BCUT2D eigenvalue weighted by atomic mass is 16.3. The van der Waals surface area contributed by atoms with Crippen LogP contribution in [0.25, 0.3) is 0 Å². The van der Waals surface area contributed by atoms with Crippen LogP contribution in [0.15, 0.2) is 23.3 Å². The third-order valence-electron chi connectivity index (χ3n) is 1.62. The first-order valence-electron chi connectivity index (χ1n) is 4.02. The highest BCUT2D eigenvalue weighted by Gasteiger charge is 1.94. The van der Waals surface area contributed by atoms with Crippen LogP contribution in [0.1, 0.15) is 34.1 Å². The van der Waals surface area contributed by atoms with Crippen molar-refractivity contribution in [2.24, 2.45) is 0 Å². The van der Waals surface area contributed by atoms with E-state index in [1.54, 1.807) is 6.92 Å². The molecule has 0 aromatic heterocycles. The highest BCUT2D eigenvalue weighted by molar-refractivity contribution is 5.07. The largest absolute Gasteiger partial charge is 0.389 e. The Morgan fingerprint density at radius 2 is 1.82 bits per heavy atom. The Bertz CT molecular complexity index is 160. The van der Waals surface area contributed by atoms with E-state index >= 15 is 0 Å². The third kappa shape index (κ3) is 5.86. The molecule has 64 valence electrons. The second kappa shape index (κ2) is 5.14. The number of aliphatic hydroxyl groups is 1. The number of aliphatic hydroxyl groups excluding tert-OH is 1. The first-order chi connectivity index (χ1) is 5.04. The summed E-state index contributed by atoms with van der Waals surface area (Å²) in [5.41, 5.74) is 2.36. The van der Waals surface area contributed by atoms with Gasteiger partial charge in [0, 0.05) is 0 Å². The number of rotatable bonds is 3. The lowest BCUT2D eigenvalue weighted by molar-refractivity contribution is 0.231. The van der Waals surface area contributed by atoms with E-state index in [4.69, 9.17) is 5.11 Å². The fraction of sp³-hybridized carbons (Fsp3) is 0.600. The van der Waals surface area contributed by atoms with Crippen molar-refractivity contribution in [2.45, 2.75) is 40.2 Å². The molecule has 1 atom stereocenters. The van der Waals surface area contributed by atoms with E-state index in [1.807, 2.05) is 6.92 Å². The quantitative estimate of drug-likeness (QED) is 0.620. The maximum absolute atomic E-state index is 9.10. The van der Waals surface area contributed by atoms with Crippen LogP contribution in [-0.4, -0.2) is 11.2 Å². The second-order valence-electron chi connectivity index (χ2n) is 3.14. The Hall–Kier alpha value is -0.560. The molecule has 1 heteroatoms. The molecule has 1 unspecified atom stereocenters. The molecule has 0 rings (SSSR count). The molecule has 0 saturated carbocycles. The Morgan fingerprint density at radius 1 is 1.27 bits per heavy atom. The summed E-state index contributed by atoms with van der Waals surface area (Å²) in [6.07, 6.45) is 4.82. The highest BCUT2D eigenvalue weighted by Crippen LogP contribution is 2.03. The minimum absolute atomic E-state index is 0.305. The summed E-state index contributed by atoms with van der Waals surface area (Å²) < 4.78 is 0. The maximum Gasteiger partial charge on any atom is 0.0719 e. The van der Waals surface area contributed by atoms with Gasteiger partial charge in [0.15, 0.2) is 0 Å². The molecule has 0 aliphatic rings. The Kier molecular flexibility index (Phi) is 4.88. The van der Waals surface area contributed by atoms with Gasteiger partial charge in [0.2, 0.25) is 0 Å². The van der Waals surface area contributed by atoms with Gasteiger partial charge in [0.1, 0.15) is 0 Å². The van der Waals surface area contributed by atoms with E-state index in [-0.39, 0.29) is 6.10 Å². The van der Waals surface area contributed by atoms with Crippen LogP contribution in [0.3, 0.4) is 0 Å². The van der Waals surface area contributed by atoms with Crippen molar-refractivity contribution >= 4 is 0 Å². The van der Waals surface area contributed by atoms with Gasteiger partial charge in [-0.05, 0) is 39.7 Å². The van der Waals surface area contributed by atoms with Crippen LogP contribution in [0.4, 0.5) is 0 Å². The minimum Gasteiger partial charge on any atom is -0.389 e. The molecule has 0 bridgehead atoms. The van der Waals surface area contributed by atoms with Crippen LogP contribution in [0.5, 0.6) is 0 Å². The minimum atomic E-state index is -0.305. The Morgan fingerprint density at radius 3 is 2.18 bits per heavy atom. The number of hydrogen-bond donors (Lipinski definition) is 1. The van der Waals surface area contributed by atoms with Gasteiger partial charge in [-0.3, -0.25) is 0 Å². The molecule has 0 aliphatic heterocycles. The van der Waals surface area contributed by atoms with Crippen molar-refractivity contribution in [1.29, 1.82) is 0 Å². The molecule has 0 amide bonds. The fourth-order valence-corrected chi connectivity index (χ4v) is 0.651. The van der Waals surface area contributed by atoms with Gasteiger partial charge in [0.25, 0.3) is 0 Å². The predicted molar refractivity (Wildman–Crippen MR) is 49.5 cm³/mol. The lowest BCUT2D eigenvalue weighted by Gasteiger charge is -2.02. The number of hydrogen-bond acceptors (Lipinski definition) is 1. The van der Waals surface area contributed by atoms with Crippen LogP contribution in [0.2, 0.25) is 0 Å². The molecule has 0 saturated heterocycles. The first kappa shape index (κ1) is 10.4. The third-order valence-corrected chi connectivity index (χ3v) is 1.62. The SMILES string of the molecule is CC(C)=CC/C=C(\C)C(C)O. The van der Waals surface area contributed by atoms with E-state index in [9.17, 15) is 0 Å². The van der Waals surface area contributed by atoms with Crippen LogP contribution < -0.4 is 0 Å². The fourth-order valence-electron chi connectivity index (χ4n) is 0.651. The molecule has 0 aliphatic carbocycles. The molecule has 0 aromatic rings. The molecule has 1 N–H and O–H groups in total. The molecule has 0 heterocycles. The van der Waals surface area contributed by atoms with Gasteiger partial charge < -0.3 is 5.11 Å². The summed E-state index contributed by atoms with van der Waals surface area (Å²) in [4.78, 5) is 0. The monoisotopic (exact) mass is 154 g/mol. The summed E-state index contributed by atoms with van der Waals surface area (Å²) in [5, 5.41) is 9.10. The maximum atomic E-state index is 9.10. The van der Waals surface area contributed by atoms with Crippen molar-refractivity contribution in [3.05, 3.63) is 23.3 Å².